The van der Waals surface area contributed by atoms with Crippen molar-refractivity contribution in [1.29, 1.82) is 0 Å². The topological polar surface area (TPSA) is 29.1 Å². The molecule has 0 heterocycles. The lowest BCUT2D eigenvalue weighted by molar-refractivity contribution is 0.102. The first kappa shape index (κ1) is 13.0. The Morgan fingerprint density at radius 1 is 1.11 bits per heavy atom. The summed E-state index contributed by atoms with van der Waals surface area (Å²) >= 11 is 7.63. The van der Waals surface area contributed by atoms with Crippen molar-refractivity contribution in [2.45, 2.75) is 4.90 Å². The lowest BCUT2D eigenvalue weighted by Gasteiger charge is -2.07. The number of rotatable bonds is 3. The van der Waals surface area contributed by atoms with Crippen molar-refractivity contribution in [3.63, 3.8) is 0 Å². The van der Waals surface area contributed by atoms with Gasteiger partial charge in [-0.05, 0) is 42.7 Å². The Labute approximate surface area is 115 Å². The fourth-order valence-electron chi connectivity index (χ4n) is 1.50. The summed E-state index contributed by atoms with van der Waals surface area (Å²) in [5.41, 5.74) is 1.24. The molecule has 1 N–H and O–H groups in total. The minimum Gasteiger partial charge on any atom is -0.321 e. The van der Waals surface area contributed by atoms with Crippen LogP contribution < -0.4 is 5.32 Å². The smallest absolute Gasteiger partial charge is 0.255 e. The molecule has 1 amide bonds. The maximum atomic E-state index is 12.0. The van der Waals surface area contributed by atoms with Gasteiger partial charge in [0.05, 0.1) is 10.7 Å². The molecular formula is C14H12ClNOS. The molecule has 2 nitrogen and oxygen atoms in total. The van der Waals surface area contributed by atoms with Crippen LogP contribution in [0.25, 0.3) is 0 Å². The maximum absolute atomic E-state index is 12.0. The Bertz CT molecular complexity index is 554. The van der Waals surface area contributed by atoms with Crippen LogP contribution in [0.5, 0.6) is 0 Å². The largest absolute Gasteiger partial charge is 0.321 e. The first-order chi connectivity index (χ1) is 8.70. The summed E-state index contributed by atoms with van der Waals surface area (Å²) < 4.78 is 0. The van der Waals surface area contributed by atoms with Crippen LogP contribution in [0.4, 0.5) is 5.69 Å². The number of carbonyl (C=O) groups excluding carboxylic acids is 1. The van der Waals surface area contributed by atoms with Crippen molar-refractivity contribution in [2.75, 3.05) is 11.6 Å². The number of thioether (sulfide) groups is 1. The third kappa shape index (κ3) is 3.06. The van der Waals surface area contributed by atoms with Crippen LogP contribution in [0.15, 0.2) is 53.4 Å². The molecule has 92 valence electrons. The van der Waals surface area contributed by atoms with Gasteiger partial charge < -0.3 is 5.32 Å². The van der Waals surface area contributed by atoms with Crippen LogP contribution in [0, 0.1) is 0 Å². The lowest BCUT2D eigenvalue weighted by Crippen LogP contribution is -2.11. The van der Waals surface area contributed by atoms with Crippen molar-refractivity contribution < 1.29 is 4.79 Å². The number of hydrogen-bond acceptors (Lipinski definition) is 2. The van der Waals surface area contributed by atoms with Crippen molar-refractivity contribution in [3.05, 3.63) is 59.1 Å². The minimum atomic E-state index is -0.157. The second kappa shape index (κ2) is 5.94. The Kier molecular flexibility index (Phi) is 4.28. The van der Waals surface area contributed by atoms with E-state index in [4.69, 9.17) is 11.6 Å². The second-order valence-electron chi connectivity index (χ2n) is 3.66. The molecule has 0 aliphatic rings. The molecule has 2 aromatic carbocycles. The molecule has 0 aliphatic heterocycles. The number of halogens is 1. The summed E-state index contributed by atoms with van der Waals surface area (Å²) in [6.45, 7) is 0. The van der Waals surface area contributed by atoms with Gasteiger partial charge in [0, 0.05) is 10.5 Å². The highest BCUT2D eigenvalue weighted by molar-refractivity contribution is 7.98. The molecule has 2 aromatic rings. The van der Waals surface area contributed by atoms with Crippen molar-refractivity contribution in [2.24, 2.45) is 0 Å². The van der Waals surface area contributed by atoms with E-state index in [0.29, 0.717) is 16.3 Å². The summed E-state index contributed by atoms with van der Waals surface area (Å²) in [7, 11) is 0. The number of hydrogen-bond donors (Lipinski definition) is 1. The Morgan fingerprint density at radius 2 is 1.78 bits per heavy atom. The number of benzene rings is 2. The molecule has 0 aromatic heterocycles. The molecule has 0 radical (unpaired) electrons. The maximum Gasteiger partial charge on any atom is 0.255 e. The first-order valence-electron chi connectivity index (χ1n) is 5.40. The summed E-state index contributed by atoms with van der Waals surface area (Å²) in [6.07, 6.45) is 2.00. The third-order valence-electron chi connectivity index (χ3n) is 2.47. The van der Waals surface area contributed by atoms with Gasteiger partial charge in [-0.3, -0.25) is 4.79 Å². The van der Waals surface area contributed by atoms with E-state index in [0.717, 1.165) is 4.90 Å². The van der Waals surface area contributed by atoms with Gasteiger partial charge in [0.2, 0.25) is 0 Å². The molecule has 0 bridgehead atoms. The van der Waals surface area contributed by atoms with E-state index in [1.54, 1.807) is 36.0 Å². The molecule has 0 fully saturated rings. The van der Waals surface area contributed by atoms with E-state index in [-0.39, 0.29) is 5.91 Å². The predicted octanol–water partition coefficient (Wildman–Crippen LogP) is 4.31. The van der Waals surface area contributed by atoms with Crippen molar-refractivity contribution in [3.8, 4) is 0 Å². The minimum absolute atomic E-state index is 0.157. The first-order valence-corrected chi connectivity index (χ1v) is 7.01. The quantitative estimate of drug-likeness (QED) is 0.847. The summed E-state index contributed by atoms with van der Waals surface area (Å²) in [5.74, 6) is -0.157. The third-order valence-corrected chi connectivity index (χ3v) is 3.55. The van der Waals surface area contributed by atoms with Gasteiger partial charge in [0.25, 0.3) is 5.91 Å². The molecule has 0 spiro atoms. The van der Waals surface area contributed by atoms with E-state index in [9.17, 15) is 4.79 Å². The van der Waals surface area contributed by atoms with Crippen LogP contribution >= 0.6 is 23.4 Å². The standard InChI is InChI=1S/C14H12ClNOS/c1-18-11-8-6-10(7-9-11)14(17)16-13-5-3-2-4-12(13)15/h2-9H,1H3,(H,16,17). The van der Waals surface area contributed by atoms with E-state index in [1.807, 2.05) is 30.5 Å². The van der Waals surface area contributed by atoms with E-state index < -0.39 is 0 Å². The average molecular weight is 278 g/mol. The number of amides is 1. The monoisotopic (exact) mass is 277 g/mol. The van der Waals surface area contributed by atoms with Gasteiger partial charge in [0.15, 0.2) is 0 Å². The SMILES string of the molecule is CSc1ccc(C(=O)Nc2ccccc2Cl)cc1. The summed E-state index contributed by atoms with van der Waals surface area (Å²) in [6, 6.07) is 14.6. The van der Waals surface area contributed by atoms with Gasteiger partial charge in [-0.2, -0.15) is 0 Å². The van der Waals surface area contributed by atoms with Gasteiger partial charge in [-0.15, -0.1) is 11.8 Å². The fourth-order valence-corrected chi connectivity index (χ4v) is 2.09. The van der Waals surface area contributed by atoms with Crippen LogP contribution in [-0.2, 0) is 0 Å². The number of carbonyl (C=O) groups is 1. The molecule has 2 rings (SSSR count). The highest BCUT2D eigenvalue weighted by atomic mass is 35.5. The van der Waals surface area contributed by atoms with Gasteiger partial charge in [-0.1, -0.05) is 23.7 Å². The molecular weight excluding hydrogens is 266 g/mol. The fraction of sp³-hybridized carbons (Fsp3) is 0.0714. The zero-order valence-corrected chi connectivity index (χ0v) is 11.4. The molecule has 0 aliphatic carbocycles. The van der Waals surface area contributed by atoms with Crippen molar-refractivity contribution in [1.82, 2.24) is 0 Å². The number of anilines is 1. The highest BCUT2D eigenvalue weighted by Crippen LogP contribution is 2.21. The average Bonchev–Trinajstić information content (AvgIpc) is 2.41. The van der Waals surface area contributed by atoms with Crippen molar-refractivity contribution >= 4 is 35.0 Å². The Balaban J connectivity index is 2.14. The zero-order valence-electron chi connectivity index (χ0n) is 9.81. The summed E-state index contributed by atoms with van der Waals surface area (Å²) in [4.78, 5) is 13.1. The van der Waals surface area contributed by atoms with Crippen LogP contribution in [0.1, 0.15) is 10.4 Å². The predicted molar refractivity (Wildman–Crippen MR) is 77.6 cm³/mol. The number of nitrogens with one attached hydrogen (secondary N) is 1. The van der Waals surface area contributed by atoms with E-state index >= 15 is 0 Å². The molecule has 4 heteroatoms. The number of para-hydroxylation sites is 1. The molecule has 0 unspecified atom stereocenters. The summed E-state index contributed by atoms with van der Waals surface area (Å²) in [5, 5.41) is 3.32. The van der Waals surface area contributed by atoms with Crippen LogP contribution in [0.2, 0.25) is 5.02 Å². The lowest BCUT2D eigenvalue weighted by atomic mass is 10.2. The van der Waals surface area contributed by atoms with Gasteiger partial charge >= 0.3 is 0 Å². The van der Waals surface area contributed by atoms with Gasteiger partial charge in [0.1, 0.15) is 0 Å². The van der Waals surface area contributed by atoms with Crippen LogP contribution in [-0.4, -0.2) is 12.2 Å². The molecule has 0 saturated heterocycles. The zero-order chi connectivity index (χ0) is 13.0. The molecule has 18 heavy (non-hydrogen) atoms. The Hall–Kier alpha value is -1.45. The van der Waals surface area contributed by atoms with Crippen LogP contribution in [0.3, 0.4) is 0 Å². The normalized spacial score (nSPS) is 10.1. The van der Waals surface area contributed by atoms with E-state index in [1.165, 1.54) is 0 Å². The Morgan fingerprint density at radius 3 is 2.39 bits per heavy atom. The van der Waals surface area contributed by atoms with E-state index in [2.05, 4.69) is 5.32 Å². The molecule has 0 saturated carbocycles. The van der Waals surface area contributed by atoms with Gasteiger partial charge in [-0.25, -0.2) is 0 Å². The second-order valence-corrected chi connectivity index (χ2v) is 4.95. The highest BCUT2D eigenvalue weighted by Gasteiger charge is 2.07. The molecule has 0 atom stereocenters.